The lowest BCUT2D eigenvalue weighted by Gasteiger charge is -2.27. The third kappa shape index (κ3) is 9.28. The average Bonchev–Trinajstić information content (AvgIpc) is 3.37. The maximum absolute atomic E-state index is 12.7. The van der Waals surface area contributed by atoms with Gasteiger partial charge in [0.1, 0.15) is 6.54 Å². The Bertz CT molecular complexity index is 2030. The molecule has 4 rings (SSSR count). The first-order valence-electron chi connectivity index (χ1n) is 16.9. The summed E-state index contributed by atoms with van der Waals surface area (Å²) in [7, 11) is -8.86. The summed E-state index contributed by atoms with van der Waals surface area (Å²) in [6.45, 7) is 8.96. The number of carboxylic acid groups (broad SMARTS) is 1. The molecule has 2 aromatic carbocycles. The molecule has 0 fully saturated rings. The molecule has 3 N–H and O–H groups in total. The Morgan fingerprint density at radius 3 is 2.02 bits per heavy atom. The quantitative estimate of drug-likeness (QED) is 0.0502. The lowest BCUT2D eigenvalue weighted by molar-refractivity contribution is -0.438. The number of carbonyl (C=O) groups is 2. The molecule has 0 atom stereocenters. The number of hydrogen-bond acceptors (Lipinski definition) is 7. The predicted molar refractivity (Wildman–Crippen MR) is 193 cm³/mol. The minimum absolute atomic E-state index is 0.0811. The standard InChI is InChI=1S/C37H45FN2O9S2/c1-36(2)28-24-26(50(44,45)46)18-20-30(28)39(22-12-6-10-16-34(38)41)32(36)14-8-5-9-15-33-37(3,4)29-25-27(51(47,48)49)19-21-31(29)40(33)23-13-7-11-17-35(42)43/h5,8-9,14-15,18-21,24-25H,6-7,10-13,16-17,22-23H2,1-4H3,(H2-,42,43,44,45,46,47,48,49)/p+1. The summed E-state index contributed by atoms with van der Waals surface area (Å²) in [6.07, 6.45) is 13.0. The van der Waals surface area contributed by atoms with Gasteiger partial charge in [-0.1, -0.05) is 38.5 Å². The second kappa shape index (κ2) is 15.7. The SMILES string of the molecule is CC1(C)C(/C=C/C=C/C=C2\N(CCCCCC(=O)O)c3ccc(S(=O)(=O)O)cc3C2(C)C)=[N+](CCCCCC(=O)F)c2ccc(S(=O)(=O)O)cc21. The van der Waals surface area contributed by atoms with E-state index in [1.54, 1.807) is 12.1 Å². The molecule has 0 bridgehead atoms. The topological polar surface area (TPSA) is 169 Å². The molecule has 276 valence electrons. The molecule has 0 unspecified atom stereocenters. The van der Waals surface area contributed by atoms with Gasteiger partial charge in [0.15, 0.2) is 5.71 Å². The van der Waals surface area contributed by atoms with Crippen LogP contribution in [0.15, 0.2) is 82.3 Å². The molecule has 2 heterocycles. The Labute approximate surface area is 299 Å². The van der Waals surface area contributed by atoms with E-state index in [1.807, 2.05) is 58.1 Å². The number of allylic oxidation sites excluding steroid dienone is 6. The second-order valence-corrected chi connectivity index (χ2v) is 16.8. The lowest BCUT2D eigenvalue weighted by Crippen LogP contribution is -2.28. The average molecular weight is 746 g/mol. The van der Waals surface area contributed by atoms with Crippen LogP contribution < -0.4 is 4.90 Å². The van der Waals surface area contributed by atoms with Crippen LogP contribution in [0.25, 0.3) is 0 Å². The van der Waals surface area contributed by atoms with Crippen molar-refractivity contribution in [3.05, 3.63) is 83.6 Å². The van der Waals surface area contributed by atoms with Gasteiger partial charge in [0, 0.05) is 60.3 Å². The first-order chi connectivity index (χ1) is 23.8. The highest BCUT2D eigenvalue weighted by Gasteiger charge is 2.45. The van der Waals surface area contributed by atoms with Crippen LogP contribution in [0.4, 0.5) is 15.8 Å². The molecule has 0 saturated heterocycles. The number of carbonyl (C=O) groups excluding carboxylic acids is 1. The van der Waals surface area contributed by atoms with Crippen molar-refractivity contribution in [2.24, 2.45) is 0 Å². The third-order valence-corrected chi connectivity index (χ3v) is 11.3. The number of nitrogens with zero attached hydrogens (tertiary/aromatic N) is 2. The Morgan fingerprint density at radius 2 is 1.39 bits per heavy atom. The molecule has 0 spiro atoms. The molecule has 0 aliphatic carbocycles. The molecule has 0 amide bonds. The number of unbranched alkanes of at least 4 members (excludes halogenated alkanes) is 4. The zero-order valence-electron chi connectivity index (χ0n) is 29.3. The van der Waals surface area contributed by atoms with Crippen LogP contribution in [0.5, 0.6) is 0 Å². The van der Waals surface area contributed by atoms with Crippen molar-refractivity contribution in [3.8, 4) is 0 Å². The first-order valence-corrected chi connectivity index (χ1v) is 19.8. The molecule has 0 saturated carbocycles. The minimum Gasteiger partial charge on any atom is -0.481 e. The van der Waals surface area contributed by atoms with Crippen LogP contribution in [0.3, 0.4) is 0 Å². The van der Waals surface area contributed by atoms with E-state index in [-0.39, 0.29) is 22.6 Å². The molecule has 2 aliphatic rings. The van der Waals surface area contributed by atoms with Crippen LogP contribution >= 0.6 is 0 Å². The Kier molecular flexibility index (Phi) is 12.3. The Hall–Kier alpha value is -3.98. The van der Waals surface area contributed by atoms with Crippen molar-refractivity contribution in [2.75, 3.05) is 18.0 Å². The van der Waals surface area contributed by atoms with Crippen molar-refractivity contribution < 1.29 is 49.6 Å². The highest BCUT2D eigenvalue weighted by atomic mass is 32.2. The van der Waals surface area contributed by atoms with Gasteiger partial charge in [-0.25, -0.2) is 0 Å². The third-order valence-electron chi connectivity index (χ3n) is 9.58. The molecular weight excluding hydrogens is 700 g/mol. The number of halogens is 1. The van der Waals surface area contributed by atoms with E-state index in [0.29, 0.717) is 51.6 Å². The van der Waals surface area contributed by atoms with Gasteiger partial charge >= 0.3 is 12.0 Å². The van der Waals surface area contributed by atoms with Gasteiger partial charge in [0.2, 0.25) is 5.69 Å². The second-order valence-electron chi connectivity index (χ2n) is 13.9. The summed E-state index contributed by atoms with van der Waals surface area (Å²) in [4.78, 5) is 23.4. The fourth-order valence-corrected chi connectivity index (χ4v) is 7.92. The summed E-state index contributed by atoms with van der Waals surface area (Å²) < 4.78 is 82.1. The van der Waals surface area contributed by atoms with Crippen molar-refractivity contribution >= 4 is 49.3 Å². The summed E-state index contributed by atoms with van der Waals surface area (Å²) in [5.74, 6) is -0.848. The van der Waals surface area contributed by atoms with E-state index in [9.17, 15) is 39.9 Å². The first kappa shape index (κ1) is 39.8. The Morgan fingerprint density at radius 1 is 0.784 bits per heavy atom. The van der Waals surface area contributed by atoms with Crippen molar-refractivity contribution in [3.63, 3.8) is 0 Å². The zero-order valence-corrected chi connectivity index (χ0v) is 30.9. The number of fused-ring (bicyclic) bond motifs is 2. The summed E-state index contributed by atoms with van der Waals surface area (Å²) >= 11 is 0. The monoisotopic (exact) mass is 745 g/mol. The van der Waals surface area contributed by atoms with Gasteiger partial charge < -0.3 is 10.0 Å². The molecule has 0 aromatic heterocycles. The number of aliphatic carboxylic acids is 1. The minimum atomic E-state index is -4.43. The van der Waals surface area contributed by atoms with E-state index in [4.69, 9.17) is 5.11 Å². The van der Waals surface area contributed by atoms with Crippen LogP contribution in [-0.4, -0.2) is 66.4 Å². The van der Waals surface area contributed by atoms with Gasteiger partial charge in [-0.3, -0.25) is 18.7 Å². The van der Waals surface area contributed by atoms with E-state index in [1.165, 1.54) is 24.3 Å². The fraction of sp³-hybridized carbons (Fsp3) is 0.432. The number of benzene rings is 2. The van der Waals surface area contributed by atoms with Gasteiger partial charge in [-0.05, 0) is 81.5 Å². The van der Waals surface area contributed by atoms with Gasteiger partial charge in [0.25, 0.3) is 20.2 Å². The van der Waals surface area contributed by atoms with Crippen molar-refractivity contribution in [1.29, 1.82) is 0 Å². The molecule has 14 heteroatoms. The van der Waals surface area contributed by atoms with Gasteiger partial charge in [0.05, 0.1) is 15.2 Å². The largest absolute Gasteiger partial charge is 0.481 e. The van der Waals surface area contributed by atoms with E-state index in [0.717, 1.165) is 33.9 Å². The van der Waals surface area contributed by atoms with E-state index in [2.05, 4.69) is 9.48 Å². The fourth-order valence-electron chi connectivity index (χ4n) is 6.90. The smallest absolute Gasteiger partial charge is 0.303 e. The predicted octanol–water partition coefficient (Wildman–Crippen LogP) is 7.05. The highest BCUT2D eigenvalue weighted by molar-refractivity contribution is 7.86. The molecule has 11 nitrogen and oxygen atoms in total. The van der Waals surface area contributed by atoms with Crippen molar-refractivity contribution in [1.82, 2.24) is 0 Å². The molecule has 2 aliphatic heterocycles. The van der Waals surface area contributed by atoms with Crippen LogP contribution in [0, 0.1) is 0 Å². The Balaban J connectivity index is 1.65. The zero-order chi connectivity index (χ0) is 37.8. The number of rotatable bonds is 17. The molecule has 0 radical (unpaired) electrons. The summed E-state index contributed by atoms with van der Waals surface area (Å²) in [5, 5.41) is 9.01. The summed E-state index contributed by atoms with van der Waals surface area (Å²) in [5.41, 5.74) is 3.52. The highest BCUT2D eigenvalue weighted by Crippen LogP contribution is 2.48. The summed E-state index contributed by atoms with van der Waals surface area (Å²) in [6, 6.07) is 7.68. The molecular formula is C37H46FN2O9S2+. The molecule has 51 heavy (non-hydrogen) atoms. The normalized spacial score (nSPS) is 17.5. The van der Waals surface area contributed by atoms with Crippen LogP contribution in [0.1, 0.15) is 90.2 Å². The van der Waals surface area contributed by atoms with Gasteiger partial charge in [-0.2, -0.15) is 25.8 Å². The maximum atomic E-state index is 12.7. The number of carboxylic acids is 1. The van der Waals surface area contributed by atoms with Crippen LogP contribution in [0.2, 0.25) is 0 Å². The van der Waals surface area contributed by atoms with E-state index < -0.39 is 43.1 Å². The molecule has 2 aromatic rings. The van der Waals surface area contributed by atoms with Crippen molar-refractivity contribution in [2.45, 2.75) is 99.7 Å². The number of hydrogen-bond donors (Lipinski definition) is 3. The number of anilines is 1. The van der Waals surface area contributed by atoms with E-state index >= 15 is 0 Å². The lowest BCUT2D eigenvalue weighted by atomic mass is 9.81. The van der Waals surface area contributed by atoms with Crippen LogP contribution in [-0.2, 0) is 40.7 Å². The maximum Gasteiger partial charge on any atom is 0.303 e. The van der Waals surface area contributed by atoms with Gasteiger partial charge in [-0.15, -0.1) is 0 Å².